The Morgan fingerprint density at radius 2 is 2.29 bits per heavy atom. The highest BCUT2D eigenvalue weighted by atomic mass is 15.3. The van der Waals surface area contributed by atoms with Crippen molar-refractivity contribution >= 4 is 5.69 Å². The highest BCUT2D eigenvalue weighted by molar-refractivity contribution is 5.44. The molecule has 0 bridgehead atoms. The van der Waals surface area contributed by atoms with Gasteiger partial charge in [-0.15, -0.1) is 0 Å². The summed E-state index contributed by atoms with van der Waals surface area (Å²) in [5, 5.41) is 7.94. The lowest BCUT2D eigenvalue weighted by atomic mass is 10.0. The topological polar surface area (TPSA) is 33.1 Å². The summed E-state index contributed by atoms with van der Waals surface area (Å²) in [5.41, 5.74) is 1.27. The van der Waals surface area contributed by atoms with Gasteiger partial charge in [0.1, 0.15) is 0 Å². The number of aryl methyl sites for hydroxylation is 1. The Balaban J connectivity index is 2.09. The van der Waals surface area contributed by atoms with E-state index in [0.29, 0.717) is 12.1 Å². The summed E-state index contributed by atoms with van der Waals surface area (Å²) in [6, 6.07) is 1.23. The minimum absolute atomic E-state index is 0.604. The highest BCUT2D eigenvalue weighted by Gasteiger charge is 2.26. The summed E-state index contributed by atoms with van der Waals surface area (Å²) in [6.45, 7) is 6.71. The fourth-order valence-electron chi connectivity index (χ4n) is 2.64. The van der Waals surface area contributed by atoms with Crippen LogP contribution in [0.4, 0.5) is 5.69 Å². The van der Waals surface area contributed by atoms with Crippen LogP contribution in [0.25, 0.3) is 0 Å². The Kier molecular flexibility index (Phi) is 4.05. The smallest absolute Gasteiger partial charge is 0.0755 e. The van der Waals surface area contributed by atoms with Crippen LogP contribution in [0, 0.1) is 0 Å². The molecule has 2 atom stereocenters. The Labute approximate surface area is 104 Å². The van der Waals surface area contributed by atoms with E-state index in [-0.39, 0.29) is 0 Å². The van der Waals surface area contributed by atoms with Gasteiger partial charge in [0.25, 0.3) is 0 Å². The molecular formula is C13H24N4. The molecule has 17 heavy (non-hydrogen) atoms. The first-order valence-corrected chi connectivity index (χ1v) is 6.73. The molecule has 1 aliphatic heterocycles. The molecule has 96 valence electrons. The molecule has 1 aromatic heterocycles. The van der Waals surface area contributed by atoms with Gasteiger partial charge in [-0.25, -0.2) is 0 Å². The van der Waals surface area contributed by atoms with Crippen LogP contribution in [-0.4, -0.2) is 35.0 Å². The molecule has 2 rings (SSSR count). The van der Waals surface area contributed by atoms with Gasteiger partial charge < -0.3 is 10.2 Å². The molecule has 0 aromatic carbocycles. The lowest BCUT2D eigenvalue weighted by Gasteiger charge is -2.41. The second kappa shape index (κ2) is 5.54. The standard InChI is InChI=1S/C13H24N4/c1-4-6-11-9-17(12(5-2)7-14-11)13-8-15-16(3)10-13/h8,10-12,14H,4-7,9H2,1-3H3. The minimum Gasteiger partial charge on any atom is -0.363 e. The number of anilines is 1. The predicted octanol–water partition coefficient (Wildman–Crippen LogP) is 1.78. The quantitative estimate of drug-likeness (QED) is 0.865. The number of nitrogens with one attached hydrogen (secondary N) is 1. The number of nitrogens with zero attached hydrogens (tertiary/aromatic N) is 3. The predicted molar refractivity (Wildman–Crippen MR) is 71.3 cm³/mol. The molecule has 1 aliphatic rings. The van der Waals surface area contributed by atoms with Gasteiger partial charge in [-0.1, -0.05) is 20.3 Å². The average molecular weight is 236 g/mol. The second-order valence-electron chi connectivity index (χ2n) is 4.98. The Morgan fingerprint density at radius 1 is 1.47 bits per heavy atom. The van der Waals surface area contributed by atoms with E-state index in [0.717, 1.165) is 13.1 Å². The molecule has 0 radical (unpaired) electrons. The number of rotatable bonds is 4. The molecule has 0 spiro atoms. The Hall–Kier alpha value is -1.03. The van der Waals surface area contributed by atoms with E-state index in [1.807, 2.05) is 17.9 Å². The van der Waals surface area contributed by atoms with E-state index in [2.05, 4.69) is 35.4 Å². The van der Waals surface area contributed by atoms with Crippen molar-refractivity contribution in [3.05, 3.63) is 12.4 Å². The number of aromatic nitrogens is 2. The average Bonchev–Trinajstić information content (AvgIpc) is 2.76. The van der Waals surface area contributed by atoms with Gasteiger partial charge in [0.05, 0.1) is 11.9 Å². The van der Waals surface area contributed by atoms with Crippen molar-refractivity contribution in [2.24, 2.45) is 7.05 Å². The number of hydrogen-bond donors (Lipinski definition) is 1. The second-order valence-corrected chi connectivity index (χ2v) is 4.98. The lowest BCUT2D eigenvalue weighted by molar-refractivity contribution is 0.369. The molecule has 0 aliphatic carbocycles. The Bertz CT molecular complexity index is 347. The zero-order valence-corrected chi connectivity index (χ0v) is 11.2. The van der Waals surface area contributed by atoms with Crippen molar-refractivity contribution < 1.29 is 0 Å². The molecular weight excluding hydrogens is 212 g/mol. The molecule has 1 aromatic rings. The molecule has 1 saturated heterocycles. The monoisotopic (exact) mass is 236 g/mol. The summed E-state index contributed by atoms with van der Waals surface area (Å²) >= 11 is 0. The largest absolute Gasteiger partial charge is 0.363 e. The molecule has 1 N–H and O–H groups in total. The first-order chi connectivity index (χ1) is 8.24. The molecule has 2 heterocycles. The van der Waals surface area contributed by atoms with E-state index in [9.17, 15) is 0 Å². The van der Waals surface area contributed by atoms with Gasteiger partial charge in [-0.3, -0.25) is 4.68 Å². The van der Waals surface area contributed by atoms with Crippen LogP contribution in [0.5, 0.6) is 0 Å². The molecule has 1 fully saturated rings. The van der Waals surface area contributed by atoms with Crippen molar-refractivity contribution in [3.8, 4) is 0 Å². The van der Waals surface area contributed by atoms with Gasteiger partial charge in [-0.2, -0.15) is 5.10 Å². The van der Waals surface area contributed by atoms with Crippen LogP contribution >= 0.6 is 0 Å². The summed E-state index contributed by atoms with van der Waals surface area (Å²) in [4.78, 5) is 2.52. The third-order valence-corrected chi connectivity index (χ3v) is 3.63. The third kappa shape index (κ3) is 2.80. The van der Waals surface area contributed by atoms with Gasteiger partial charge in [0, 0.05) is 38.4 Å². The maximum Gasteiger partial charge on any atom is 0.0755 e. The molecule has 2 unspecified atom stereocenters. The zero-order valence-electron chi connectivity index (χ0n) is 11.2. The van der Waals surface area contributed by atoms with Crippen LogP contribution < -0.4 is 10.2 Å². The van der Waals surface area contributed by atoms with Crippen LogP contribution in [0.3, 0.4) is 0 Å². The van der Waals surface area contributed by atoms with E-state index < -0.39 is 0 Å². The van der Waals surface area contributed by atoms with Crippen molar-refractivity contribution in [1.82, 2.24) is 15.1 Å². The third-order valence-electron chi connectivity index (χ3n) is 3.63. The fraction of sp³-hybridized carbons (Fsp3) is 0.769. The molecule has 4 nitrogen and oxygen atoms in total. The van der Waals surface area contributed by atoms with Gasteiger partial charge in [0.15, 0.2) is 0 Å². The SMILES string of the molecule is CCCC1CN(c2cnn(C)c2)C(CC)CN1. The molecule has 4 heteroatoms. The van der Waals surface area contributed by atoms with Crippen molar-refractivity contribution in [2.45, 2.75) is 45.2 Å². The van der Waals surface area contributed by atoms with Gasteiger partial charge >= 0.3 is 0 Å². The summed E-state index contributed by atoms with van der Waals surface area (Å²) in [6.07, 6.45) is 7.79. The maximum atomic E-state index is 4.29. The summed E-state index contributed by atoms with van der Waals surface area (Å²) < 4.78 is 1.89. The van der Waals surface area contributed by atoms with Crippen LogP contribution in [0.2, 0.25) is 0 Å². The molecule has 0 amide bonds. The highest BCUT2D eigenvalue weighted by Crippen LogP contribution is 2.21. The van der Waals surface area contributed by atoms with E-state index in [4.69, 9.17) is 0 Å². The van der Waals surface area contributed by atoms with Crippen molar-refractivity contribution in [2.75, 3.05) is 18.0 Å². The van der Waals surface area contributed by atoms with E-state index in [1.54, 1.807) is 0 Å². The van der Waals surface area contributed by atoms with Crippen molar-refractivity contribution in [3.63, 3.8) is 0 Å². The van der Waals surface area contributed by atoms with Gasteiger partial charge in [0.2, 0.25) is 0 Å². The van der Waals surface area contributed by atoms with Crippen molar-refractivity contribution in [1.29, 1.82) is 0 Å². The first-order valence-electron chi connectivity index (χ1n) is 6.73. The van der Waals surface area contributed by atoms with E-state index in [1.165, 1.54) is 24.9 Å². The minimum atomic E-state index is 0.604. The first kappa shape index (κ1) is 12.4. The normalized spacial score (nSPS) is 25.2. The van der Waals surface area contributed by atoms with Crippen LogP contribution in [-0.2, 0) is 7.05 Å². The van der Waals surface area contributed by atoms with E-state index >= 15 is 0 Å². The maximum absolute atomic E-state index is 4.29. The Morgan fingerprint density at radius 3 is 2.88 bits per heavy atom. The lowest BCUT2D eigenvalue weighted by Crippen LogP contribution is -2.56. The summed E-state index contributed by atoms with van der Waals surface area (Å²) in [5.74, 6) is 0. The van der Waals surface area contributed by atoms with Crippen LogP contribution in [0.15, 0.2) is 12.4 Å². The fourth-order valence-corrected chi connectivity index (χ4v) is 2.64. The molecule has 0 saturated carbocycles. The number of piperazine rings is 1. The van der Waals surface area contributed by atoms with Crippen LogP contribution in [0.1, 0.15) is 33.1 Å². The number of hydrogen-bond acceptors (Lipinski definition) is 3. The summed E-state index contributed by atoms with van der Waals surface area (Å²) in [7, 11) is 1.98. The zero-order chi connectivity index (χ0) is 12.3. The van der Waals surface area contributed by atoms with Gasteiger partial charge in [-0.05, 0) is 12.8 Å².